The molecule has 1 atom stereocenters. The Bertz CT molecular complexity index is 614. The predicted octanol–water partition coefficient (Wildman–Crippen LogP) is 2.29. The Morgan fingerprint density at radius 2 is 2.22 bits per heavy atom. The van der Waals surface area contributed by atoms with Gasteiger partial charge < -0.3 is 20.1 Å². The number of aliphatic hydroxyl groups excluding tert-OH is 1. The Morgan fingerprint density at radius 3 is 2.87 bits per heavy atom. The summed E-state index contributed by atoms with van der Waals surface area (Å²) in [5.74, 6) is -0.137. The number of hydrogen-bond acceptors (Lipinski definition) is 5. The fourth-order valence-corrected chi connectivity index (χ4v) is 2.84. The monoisotopic (exact) mass is 334 g/mol. The van der Waals surface area contributed by atoms with Gasteiger partial charge in [0, 0.05) is 31.9 Å². The van der Waals surface area contributed by atoms with E-state index in [4.69, 9.17) is 9.84 Å². The zero-order valence-corrected chi connectivity index (χ0v) is 14.2. The first-order chi connectivity index (χ1) is 11.1. The summed E-state index contributed by atoms with van der Waals surface area (Å²) < 4.78 is 5.62. The van der Waals surface area contributed by atoms with Crippen LogP contribution in [0.1, 0.15) is 22.0 Å². The molecule has 0 spiro atoms. The minimum absolute atomic E-state index is 0.0422. The molecule has 6 heteroatoms. The summed E-state index contributed by atoms with van der Waals surface area (Å²) in [4.78, 5) is 14.3. The van der Waals surface area contributed by atoms with Crippen molar-refractivity contribution in [3.05, 3.63) is 52.2 Å². The maximum Gasteiger partial charge on any atom is 0.251 e. The number of hydrogen-bond donors (Lipinski definition) is 2. The first-order valence-corrected chi connectivity index (χ1v) is 8.36. The highest BCUT2D eigenvalue weighted by atomic mass is 32.1. The third kappa shape index (κ3) is 5.06. The van der Waals surface area contributed by atoms with Crippen molar-refractivity contribution in [2.75, 3.05) is 38.8 Å². The van der Waals surface area contributed by atoms with Crippen molar-refractivity contribution in [1.82, 2.24) is 5.32 Å². The highest BCUT2D eigenvalue weighted by Gasteiger charge is 2.15. The largest absolute Gasteiger partial charge is 0.394 e. The van der Waals surface area contributed by atoms with Crippen LogP contribution >= 0.6 is 11.3 Å². The Hall–Kier alpha value is -1.89. The van der Waals surface area contributed by atoms with Crippen LogP contribution in [0.5, 0.6) is 0 Å². The number of amides is 1. The summed E-state index contributed by atoms with van der Waals surface area (Å²) in [6.45, 7) is 0.563. The molecule has 0 unspecified atom stereocenters. The average molecular weight is 334 g/mol. The van der Waals surface area contributed by atoms with Gasteiger partial charge in [0.2, 0.25) is 0 Å². The molecule has 124 valence electrons. The van der Waals surface area contributed by atoms with Gasteiger partial charge >= 0.3 is 0 Å². The van der Waals surface area contributed by atoms with Crippen molar-refractivity contribution < 1.29 is 14.6 Å². The van der Waals surface area contributed by atoms with E-state index in [1.165, 1.54) is 0 Å². The maximum atomic E-state index is 12.3. The van der Waals surface area contributed by atoms with Crippen molar-refractivity contribution in [3.63, 3.8) is 0 Å². The molecule has 1 heterocycles. The minimum Gasteiger partial charge on any atom is -0.394 e. The number of nitrogens with zero attached hydrogens (tertiary/aromatic N) is 1. The molecule has 0 aliphatic carbocycles. The molecule has 1 amide bonds. The van der Waals surface area contributed by atoms with Crippen LogP contribution in [0.25, 0.3) is 0 Å². The summed E-state index contributed by atoms with van der Waals surface area (Å²) in [5, 5.41) is 15.8. The van der Waals surface area contributed by atoms with Crippen molar-refractivity contribution in [2.45, 2.75) is 6.10 Å². The van der Waals surface area contributed by atoms with Crippen LogP contribution < -0.4 is 10.2 Å². The Kier molecular flexibility index (Phi) is 6.58. The van der Waals surface area contributed by atoms with Gasteiger partial charge in [0.1, 0.15) is 6.10 Å². The third-order valence-electron chi connectivity index (χ3n) is 3.40. The number of thiophene rings is 1. The smallest absolute Gasteiger partial charge is 0.251 e. The molecule has 1 aromatic carbocycles. The first kappa shape index (κ1) is 17.5. The number of aliphatic hydroxyl groups is 1. The van der Waals surface area contributed by atoms with E-state index < -0.39 is 0 Å². The molecule has 1 aromatic heterocycles. The molecule has 23 heavy (non-hydrogen) atoms. The van der Waals surface area contributed by atoms with Gasteiger partial charge in [-0.2, -0.15) is 11.3 Å². The van der Waals surface area contributed by atoms with Crippen molar-refractivity contribution >= 4 is 22.9 Å². The summed E-state index contributed by atoms with van der Waals surface area (Å²) in [5.41, 5.74) is 2.59. The molecular weight excluding hydrogens is 312 g/mol. The number of ether oxygens (including phenoxy) is 1. The molecule has 0 aliphatic heterocycles. The van der Waals surface area contributed by atoms with Gasteiger partial charge in [-0.25, -0.2) is 0 Å². The van der Waals surface area contributed by atoms with Crippen LogP contribution in [0, 0.1) is 0 Å². The maximum absolute atomic E-state index is 12.3. The Morgan fingerprint density at radius 1 is 1.39 bits per heavy atom. The Labute approximate surface area is 140 Å². The molecule has 2 N–H and O–H groups in total. The van der Waals surface area contributed by atoms with Gasteiger partial charge in [-0.15, -0.1) is 0 Å². The van der Waals surface area contributed by atoms with Crippen molar-refractivity contribution in [3.8, 4) is 0 Å². The first-order valence-electron chi connectivity index (χ1n) is 7.42. The second-order valence-corrected chi connectivity index (χ2v) is 6.07. The van der Waals surface area contributed by atoms with Gasteiger partial charge in [-0.1, -0.05) is 6.07 Å². The van der Waals surface area contributed by atoms with Crippen LogP contribution in [0.3, 0.4) is 0 Å². The van der Waals surface area contributed by atoms with Crippen LogP contribution in [0.4, 0.5) is 5.69 Å². The minimum atomic E-state index is -0.255. The van der Waals surface area contributed by atoms with Crippen molar-refractivity contribution in [1.29, 1.82) is 0 Å². The molecular formula is C17H22N2O3S. The van der Waals surface area contributed by atoms with Crippen LogP contribution in [-0.2, 0) is 4.74 Å². The number of rotatable bonds is 8. The van der Waals surface area contributed by atoms with Gasteiger partial charge in [0.25, 0.3) is 5.91 Å². The van der Waals surface area contributed by atoms with Gasteiger partial charge in [0.15, 0.2) is 0 Å². The zero-order chi connectivity index (χ0) is 16.7. The summed E-state index contributed by atoms with van der Waals surface area (Å²) in [6.07, 6.45) is -0.255. The summed E-state index contributed by atoms with van der Waals surface area (Å²) >= 11 is 1.58. The molecule has 0 saturated carbocycles. The molecule has 0 bridgehead atoms. The van der Waals surface area contributed by atoms with Crippen LogP contribution in [-0.4, -0.2) is 44.9 Å². The fourth-order valence-electron chi connectivity index (χ4n) is 2.14. The fraction of sp³-hybridized carbons (Fsp3) is 0.353. The van der Waals surface area contributed by atoms with E-state index in [9.17, 15) is 4.79 Å². The van der Waals surface area contributed by atoms with Crippen LogP contribution in [0.2, 0.25) is 0 Å². The summed E-state index contributed by atoms with van der Waals surface area (Å²) in [7, 11) is 3.87. The van der Waals surface area contributed by atoms with E-state index in [1.807, 2.05) is 54.0 Å². The lowest BCUT2D eigenvalue weighted by Crippen LogP contribution is -2.30. The lowest BCUT2D eigenvalue weighted by molar-refractivity contribution is 0.0279. The SMILES string of the molecule is CN(C)c1cccc(C(=O)NC[C@@H](OCCO)c2ccsc2)c1. The third-order valence-corrected chi connectivity index (χ3v) is 4.10. The van der Waals surface area contributed by atoms with E-state index in [-0.39, 0.29) is 25.2 Å². The summed E-state index contributed by atoms with van der Waals surface area (Å²) in [6, 6.07) is 9.42. The zero-order valence-electron chi connectivity index (χ0n) is 13.4. The Balaban J connectivity index is 1.99. The van der Waals surface area contributed by atoms with Gasteiger partial charge in [-0.05, 0) is 40.6 Å². The van der Waals surface area contributed by atoms with E-state index in [2.05, 4.69) is 5.32 Å². The second kappa shape index (κ2) is 8.67. The molecule has 0 radical (unpaired) electrons. The molecule has 0 saturated heterocycles. The van der Waals surface area contributed by atoms with Crippen molar-refractivity contribution in [2.24, 2.45) is 0 Å². The highest BCUT2D eigenvalue weighted by Crippen LogP contribution is 2.20. The number of anilines is 1. The van der Waals surface area contributed by atoms with E-state index in [0.717, 1.165) is 11.3 Å². The average Bonchev–Trinajstić information content (AvgIpc) is 3.09. The van der Waals surface area contributed by atoms with Crippen LogP contribution in [0.15, 0.2) is 41.1 Å². The number of carbonyl (C=O) groups excluding carboxylic acids is 1. The predicted molar refractivity (Wildman–Crippen MR) is 93.2 cm³/mol. The normalized spacial score (nSPS) is 12.0. The second-order valence-electron chi connectivity index (χ2n) is 5.29. The molecule has 0 aliphatic rings. The van der Waals surface area contributed by atoms with E-state index in [0.29, 0.717) is 12.1 Å². The number of benzene rings is 1. The highest BCUT2D eigenvalue weighted by molar-refractivity contribution is 7.07. The number of nitrogens with one attached hydrogen (secondary N) is 1. The molecule has 2 aromatic rings. The van der Waals surface area contributed by atoms with Gasteiger partial charge in [-0.3, -0.25) is 4.79 Å². The standard InChI is InChI=1S/C17H22N2O3S/c1-19(2)15-5-3-4-13(10-15)17(21)18-11-16(22-8-7-20)14-6-9-23-12-14/h3-6,9-10,12,16,20H,7-8,11H2,1-2H3,(H,18,21)/t16-/m1/s1. The quantitative estimate of drug-likeness (QED) is 0.778. The van der Waals surface area contributed by atoms with E-state index >= 15 is 0 Å². The van der Waals surface area contributed by atoms with E-state index in [1.54, 1.807) is 17.4 Å². The lowest BCUT2D eigenvalue weighted by Gasteiger charge is -2.18. The topological polar surface area (TPSA) is 61.8 Å². The molecule has 0 fully saturated rings. The number of carbonyl (C=O) groups is 1. The molecule has 2 rings (SSSR count). The van der Waals surface area contributed by atoms with Gasteiger partial charge in [0.05, 0.1) is 13.2 Å². The molecule has 5 nitrogen and oxygen atoms in total. The lowest BCUT2D eigenvalue weighted by atomic mass is 10.1.